The van der Waals surface area contributed by atoms with E-state index in [0.29, 0.717) is 43.0 Å². The fourth-order valence-corrected chi connectivity index (χ4v) is 4.88. The summed E-state index contributed by atoms with van der Waals surface area (Å²) in [4.78, 5) is 40.4. The molecular formula is C33H32N6O4. The first-order valence-electron chi connectivity index (χ1n) is 13.9. The highest BCUT2D eigenvalue weighted by atomic mass is 16.6. The number of alkyl carbamates (subject to hydrolysis) is 1. The molecule has 3 amide bonds. The van der Waals surface area contributed by atoms with Gasteiger partial charge in [0, 0.05) is 24.5 Å². The number of carbonyl (C=O) groups is 3. The molecule has 0 bridgehead atoms. The van der Waals surface area contributed by atoms with Crippen LogP contribution in [0.5, 0.6) is 0 Å². The molecule has 0 saturated carbocycles. The van der Waals surface area contributed by atoms with Crippen LogP contribution in [0.4, 0.5) is 16.2 Å². The number of hydrogen-bond donors (Lipinski definition) is 2. The molecule has 0 unspecified atom stereocenters. The second-order valence-corrected chi connectivity index (χ2v) is 11.2. The summed E-state index contributed by atoms with van der Waals surface area (Å²) in [5.74, 6) is -0.785. The zero-order valence-corrected chi connectivity index (χ0v) is 24.3. The average molecular weight is 577 g/mol. The number of aromatic nitrogens is 2. The number of fused-ring (bicyclic) bond motifs is 1. The molecule has 0 fully saturated rings. The van der Waals surface area contributed by atoms with E-state index in [1.807, 2.05) is 75.4 Å². The maximum atomic E-state index is 13.6. The van der Waals surface area contributed by atoms with Crippen LogP contribution < -0.4 is 15.5 Å². The molecule has 2 N–H and O–H groups in total. The highest BCUT2D eigenvalue weighted by Gasteiger charge is 2.32. The van der Waals surface area contributed by atoms with Gasteiger partial charge in [-0.25, -0.2) is 4.79 Å². The van der Waals surface area contributed by atoms with Gasteiger partial charge in [-0.2, -0.15) is 10.4 Å². The summed E-state index contributed by atoms with van der Waals surface area (Å²) in [7, 11) is 0. The number of ether oxygens (including phenoxy) is 1. The molecule has 0 saturated heterocycles. The quantitative estimate of drug-likeness (QED) is 0.308. The number of anilines is 2. The van der Waals surface area contributed by atoms with E-state index in [9.17, 15) is 14.4 Å². The lowest BCUT2D eigenvalue weighted by Crippen LogP contribution is -2.41. The van der Waals surface area contributed by atoms with Crippen LogP contribution in [0.2, 0.25) is 0 Å². The van der Waals surface area contributed by atoms with Crippen molar-refractivity contribution in [1.82, 2.24) is 15.1 Å². The third-order valence-corrected chi connectivity index (χ3v) is 6.90. The van der Waals surface area contributed by atoms with Crippen LogP contribution in [-0.4, -0.2) is 39.8 Å². The minimum Gasteiger partial charge on any atom is -0.444 e. The highest BCUT2D eigenvalue weighted by Crippen LogP contribution is 2.25. The van der Waals surface area contributed by atoms with Crippen molar-refractivity contribution in [3.8, 4) is 6.07 Å². The first-order valence-corrected chi connectivity index (χ1v) is 13.9. The summed E-state index contributed by atoms with van der Waals surface area (Å²) >= 11 is 0. The van der Waals surface area contributed by atoms with E-state index in [-0.39, 0.29) is 17.2 Å². The maximum absolute atomic E-state index is 13.6. The largest absolute Gasteiger partial charge is 0.444 e. The van der Waals surface area contributed by atoms with Gasteiger partial charge in [0.15, 0.2) is 0 Å². The predicted octanol–water partition coefficient (Wildman–Crippen LogP) is 5.28. The molecule has 10 heteroatoms. The van der Waals surface area contributed by atoms with Crippen molar-refractivity contribution in [2.75, 3.05) is 16.8 Å². The average Bonchev–Trinajstić information content (AvgIpc) is 3.42. The van der Waals surface area contributed by atoms with E-state index in [1.54, 1.807) is 33.8 Å². The van der Waals surface area contributed by atoms with Crippen molar-refractivity contribution < 1.29 is 19.1 Å². The van der Waals surface area contributed by atoms with Crippen LogP contribution in [0.25, 0.3) is 0 Å². The number of hydrogen-bond acceptors (Lipinski definition) is 6. The lowest BCUT2D eigenvalue weighted by Gasteiger charge is -2.28. The Morgan fingerprint density at radius 1 is 1.00 bits per heavy atom. The van der Waals surface area contributed by atoms with Crippen LogP contribution in [0.3, 0.4) is 0 Å². The van der Waals surface area contributed by atoms with Crippen molar-refractivity contribution in [3.63, 3.8) is 0 Å². The Bertz CT molecular complexity index is 1710. The lowest BCUT2D eigenvalue weighted by molar-refractivity contribution is 0.0523. The van der Waals surface area contributed by atoms with Gasteiger partial charge in [-0.3, -0.25) is 14.3 Å². The molecule has 1 aliphatic rings. The first kappa shape index (κ1) is 29.1. The van der Waals surface area contributed by atoms with Gasteiger partial charge in [-0.05, 0) is 74.2 Å². The number of nitriles is 1. The summed E-state index contributed by atoms with van der Waals surface area (Å²) in [5, 5.41) is 19.0. The Hall–Kier alpha value is -5.43. The third-order valence-electron chi connectivity index (χ3n) is 6.90. The second-order valence-electron chi connectivity index (χ2n) is 11.2. The number of amides is 3. The molecule has 0 aliphatic carbocycles. The van der Waals surface area contributed by atoms with Gasteiger partial charge in [0.05, 0.1) is 29.9 Å². The Kier molecular flexibility index (Phi) is 8.25. The van der Waals surface area contributed by atoms with Crippen molar-refractivity contribution in [2.24, 2.45) is 0 Å². The van der Waals surface area contributed by atoms with E-state index in [4.69, 9.17) is 10.00 Å². The number of nitrogens with zero attached hydrogens (tertiary/aromatic N) is 4. The van der Waals surface area contributed by atoms with E-state index >= 15 is 0 Å². The Labute approximate surface area is 249 Å². The van der Waals surface area contributed by atoms with Gasteiger partial charge in [0.25, 0.3) is 11.8 Å². The zero-order chi connectivity index (χ0) is 30.6. The van der Waals surface area contributed by atoms with Gasteiger partial charge in [0.1, 0.15) is 11.3 Å². The SMILES string of the molecule is CC(C)(C)OC(=O)NCc1ccccc1Cc1ccc(N2CCn3ncc(C(=O)Nc4cccc(C#N)c4)c3C2=O)cc1. The minimum atomic E-state index is -0.569. The molecule has 1 aromatic heterocycles. The fourth-order valence-electron chi connectivity index (χ4n) is 4.88. The van der Waals surface area contributed by atoms with Crippen molar-refractivity contribution >= 4 is 29.3 Å². The van der Waals surface area contributed by atoms with Crippen LogP contribution in [0.1, 0.15) is 63.9 Å². The van der Waals surface area contributed by atoms with E-state index < -0.39 is 17.6 Å². The number of rotatable bonds is 7. The third kappa shape index (κ3) is 6.90. The molecule has 5 rings (SSSR count). The molecule has 10 nitrogen and oxygen atoms in total. The topological polar surface area (TPSA) is 129 Å². The molecule has 2 heterocycles. The zero-order valence-electron chi connectivity index (χ0n) is 24.3. The predicted molar refractivity (Wildman–Crippen MR) is 162 cm³/mol. The number of carbonyl (C=O) groups excluding carboxylic acids is 3. The summed E-state index contributed by atoms with van der Waals surface area (Å²) in [6.45, 7) is 6.67. The molecule has 43 heavy (non-hydrogen) atoms. The molecule has 3 aromatic carbocycles. The molecule has 0 spiro atoms. The first-order chi connectivity index (χ1) is 20.6. The molecule has 218 valence electrons. The number of nitrogens with one attached hydrogen (secondary N) is 2. The lowest BCUT2D eigenvalue weighted by atomic mass is 9.99. The Morgan fingerprint density at radius 3 is 2.47 bits per heavy atom. The molecule has 0 atom stereocenters. The summed E-state index contributed by atoms with van der Waals surface area (Å²) in [5.41, 5.74) is 4.52. The molecule has 4 aromatic rings. The standard InChI is InChI=1S/C33H32N6O4/c1-33(2,3)43-32(42)35-20-25-9-5-4-8-24(25)17-22-11-13-27(14-12-22)38-15-16-39-29(31(38)41)28(21-36-39)30(40)37-26-10-6-7-23(18-26)19-34/h4-14,18,21H,15-17,20H2,1-3H3,(H,35,42)(H,37,40). The summed E-state index contributed by atoms with van der Waals surface area (Å²) in [6.07, 6.45) is 1.58. The molecule has 1 aliphatic heterocycles. The van der Waals surface area contributed by atoms with Crippen LogP contribution in [0, 0.1) is 11.3 Å². The van der Waals surface area contributed by atoms with Gasteiger partial charge in [-0.15, -0.1) is 0 Å². The van der Waals surface area contributed by atoms with E-state index in [1.165, 1.54) is 6.20 Å². The van der Waals surface area contributed by atoms with Crippen molar-refractivity contribution in [2.45, 2.75) is 45.9 Å². The van der Waals surface area contributed by atoms with Crippen molar-refractivity contribution in [3.05, 3.63) is 113 Å². The highest BCUT2D eigenvalue weighted by molar-refractivity contribution is 6.15. The fraction of sp³-hybridized carbons (Fsp3) is 0.242. The minimum absolute atomic E-state index is 0.172. The van der Waals surface area contributed by atoms with Crippen LogP contribution in [0.15, 0.2) is 79.0 Å². The summed E-state index contributed by atoms with van der Waals surface area (Å²) < 4.78 is 6.90. The number of benzene rings is 3. The van der Waals surface area contributed by atoms with Gasteiger partial charge in [0.2, 0.25) is 0 Å². The monoisotopic (exact) mass is 576 g/mol. The molecule has 0 radical (unpaired) electrons. The molecular weight excluding hydrogens is 544 g/mol. The van der Waals surface area contributed by atoms with Gasteiger partial charge in [-0.1, -0.05) is 42.5 Å². The Balaban J connectivity index is 1.27. The normalized spacial score (nSPS) is 12.7. The van der Waals surface area contributed by atoms with Gasteiger partial charge < -0.3 is 20.3 Å². The van der Waals surface area contributed by atoms with Crippen molar-refractivity contribution in [1.29, 1.82) is 5.26 Å². The van der Waals surface area contributed by atoms with E-state index in [2.05, 4.69) is 15.7 Å². The smallest absolute Gasteiger partial charge is 0.407 e. The van der Waals surface area contributed by atoms with Crippen LogP contribution >= 0.6 is 0 Å². The maximum Gasteiger partial charge on any atom is 0.407 e. The summed E-state index contributed by atoms with van der Waals surface area (Å²) in [6, 6.07) is 24.3. The van der Waals surface area contributed by atoms with Crippen LogP contribution in [-0.2, 0) is 24.2 Å². The van der Waals surface area contributed by atoms with Gasteiger partial charge >= 0.3 is 6.09 Å². The second kappa shape index (κ2) is 12.2. The van der Waals surface area contributed by atoms with E-state index in [0.717, 1.165) is 16.7 Å². The Morgan fingerprint density at radius 2 is 1.74 bits per heavy atom.